The Balaban J connectivity index is 1.64. The van der Waals surface area contributed by atoms with Crippen molar-refractivity contribution in [2.45, 2.75) is 37.9 Å². The third-order valence-electron chi connectivity index (χ3n) is 6.10. The molecule has 182 valence electrons. The summed E-state index contributed by atoms with van der Waals surface area (Å²) in [5, 5.41) is 4.01. The third-order valence-corrected chi connectivity index (χ3v) is 6.10. The molecule has 0 bridgehead atoms. The van der Waals surface area contributed by atoms with Gasteiger partial charge in [-0.1, -0.05) is 0 Å². The van der Waals surface area contributed by atoms with Crippen LogP contribution in [-0.2, 0) is 12.1 Å². The summed E-state index contributed by atoms with van der Waals surface area (Å²) in [7, 11) is 1.58. The van der Waals surface area contributed by atoms with Crippen LogP contribution in [0.3, 0.4) is 0 Å². The van der Waals surface area contributed by atoms with E-state index in [9.17, 15) is 13.2 Å². The predicted molar refractivity (Wildman–Crippen MR) is 115 cm³/mol. The molecule has 5 rings (SSSR count). The first-order valence-electron chi connectivity index (χ1n) is 10.7. The molecule has 1 fully saturated rings. The van der Waals surface area contributed by atoms with Gasteiger partial charge in [-0.15, -0.1) is 0 Å². The molecule has 35 heavy (non-hydrogen) atoms. The molecule has 0 radical (unpaired) electrons. The van der Waals surface area contributed by atoms with Crippen molar-refractivity contribution in [2.24, 2.45) is 5.92 Å². The maximum Gasteiger partial charge on any atom is 0.416 e. The topological polar surface area (TPSA) is 85.5 Å². The zero-order valence-corrected chi connectivity index (χ0v) is 18.6. The highest BCUT2D eigenvalue weighted by Crippen LogP contribution is 2.52. The quantitative estimate of drug-likeness (QED) is 0.362. The number of hydrogen-bond donors (Lipinski definition) is 0. The van der Waals surface area contributed by atoms with Gasteiger partial charge in [0.15, 0.2) is 5.82 Å². The average molecular weight is 490 g/mol. The first kappa shape index (κ1) is 23.0. The van der Waals surface area contributed by atoms with E-state index in [1.54, 1.807) is 20.0 Å². The fourth-order valence-electron chi connectivity index (χ4n) is 3.97. The summed E-state index contributed by atoms with van der Waals surface area (Å²) in [4.78, 5) is 22.2. The summed E-state index contributed by atoms with van der Waals surface area (Å²) in [5.41, 5.74) is -2.14. The molecule has 0 saturated heterocycles. The zero-order chi connectivity index (χ0) is 25.0. The monoisotopic (exact) mass is 490 g/mol. The van der Waals surface area contributed by atoms with Crippen LogP contribution in [0.4, 0.5) is 27.8 Å². The minimum Gasteiger partial charge on any atom is -0.349 e. The lowest BCUT2D eigenvalue weighted by Crippen LogP contribution is -2.27. The molecule has 0 spiro atoms. The number of benzene rings is 1. The van der Waals surface area contributed by atoms with Gasteiger partial charge in [-0.2, -0.15) is 23.0 Å². The standard InChI is InChI=1S/C22H19F5N8/c1-12(18-32-11-33-35(18)20-28-6-3-7-29-20)34(2)19-15-8-14(22(25,26)27)9-16(17(15)30-10-31-19)21(23,24)13-4-5-13/h3,6-13H,4-5H2,1-2H3/t12-/m0/s1. The van der Waals surface area contributed by atoms with Gasteiger partial charge in [-0.25, -0.2) is 33.7 Å². The molecule has 3 aromatic heterocycles. The largest absolute Gasteiger partial charge is 0.416 e. The van der Waals surface area contributed by atoms with Gasteiger partial charge in [-0.3, -0.25) is 0 Å². The Morgan fingerprint density at radius 1 is 0.971 bits per heavy atom. The fraction of sp³-hybridized carbons (Fsp3) is 0.364. The van der Waals surface area contributed by atoms with Gasteiger partial charge in [0, 0.05) is 36.3 Å². The number of rotatable bonds is 6. The number of aromatic nitrogens is 7. The molecule has 0 unspecified atom stereocenters. The number of nitrogens with zero attached hydrogens (tertiary/aromatic N) is 8. The first-order valence-corrected chi connectivity index (χ1v) is 10.7. The second-order valence-electron chi connectivity index (χ2n) is 8.38. The third kappa shape index (κ3) is 4.04. The summed E-state index contributed by atoms with van der Waals surface area (Å²) in [6.07, 6.45) is 1.09. The summed E-state index contributed by atoms with van der Waals surface area (Å²) in [6.45, 7) is 1.73. The molecule has 1 aliphatic carbocycles. The highest BCUT2D eigenvalue weighted by molar-refractivity contribution is 5.92. The van der Waals surface area contributed by atoms with Crippen LogP contribution in [0.25, 0.3) is 16.9 Å². The van der Waals surface area contributed by atoms with E-state index in [0.29, 0.717) is 11.9 Å². The Bertz CT molecular complexity index is 1370. The van der Waals surface area contributed by atoms with Crippen molar-refractivity contribution in [3.63, 3.8) is 0 Å². The van der Waals surface area contributed by atoms with E-state index in [2.05, 4.69) is 30.0 Å². The molecule has 8 nitrogen and oxygen atoms in total. The molecule has 1 aliphatic rings. The van der Waals surface area contributed by atoms with Gasteiger partial charge in [0.05, 0.1) is 17.1 Å². The SMILES string of the molecule is C[C@@H](c1ncnn1-c1ncccn1)N(C)c1ncnc2c(C(F)(F)C3CC3)cc(C(F)(F)F)cc12. The Hall–Kier alpha value is -3.77. The molecule has 0 amide bonds. The van der Waals surface area contributed by atoms with Crippen molar-refractivity contribution >= 4 is 16.7 Å². The lowest BCUT2D eigenvalue weighted by Gasteiger charge is -2.27. The van der Waals surface area contributed by atoms with Crippen LogP contribution in [0, 0.1) is 5.92 Å². The van der Waals surface area contributed by atoms with E-state index >= 15 is 8.78 Å². The zero-order valence-electron chi connectivity index (χ0n) is 18.6. The van der Waals surface area contributed by atoms with Gasteiger partial charge in [0.25, 0.3) is 11.9 Å². The van der Waals surface area contributed by atoms with E-state index in [1.807, 2.05) is 0 Å². The van der Waals surface area contributed by atoms with Crippen LogP contribution in [-0.4, -0.2) is 41.7 Å². The summed E-state index contributed by atoms with van der Waals surface area (Å²) in [6, 6.07) is 2.35. The molecule has 0 aliphatic heterocycles. The van der Waals surface area contributed by atoms with Crippen LogP contribution in [0.15, 0.2) is 43.2 Å². The molecule has 1 aromatic carbocycles. The number of fused-ring (bicyclic) bond motifs is 1. The summed E-state index contributed by atoms with van der Waals surface area (Å²) < 4.78 is 72.8. The van der Waals surface area contributed by atoms with E-state index in [4.69, 9.17) is 0 Å². The lowest BCUT2D eigenvalue weighted by atomic mass is 9.97. The number of halogens is 5. The Kier molecular flexibility index (Phi) is 5.37. The van der Waals surface area contributed by atoms with Crippen molar-refractivity contribution in [2.75, 3.05) is 11.9 Å². The average Bonchev–Trinajstić information content (AvgIpc) is 3.60. The normalized spacial score (nSPS) is 15.4. The van der Waals surface area contributed by atoms with Gasteiger partial charge in [0.2, 0.25) is 0 Å². The van der Waals surface area contributed by atoms with Crippen molar-refractivity contribution in [1.82, 2.24) is 34.7 Å². The van der Waals surface area contributed by atoms with E-state index < -0.39 is 35.2 Å². The Morgan fingerprint density at radius 2 is 1.69 bits per heavy atom. The fourth-order valence-corrected chi connectivity index (χ4v) is 3.97. The molecule has 0 N–H and O–H groups in total. The Labute approximate surface area is 195 Å². The minimum absolute atomic E-state index is 0.0463. The van der Waals surface area contributed by atoms with E-state index in [-0.39, 0.29) is 35.5 Å². The van der Waals surface area contributed by atoms with E-state index in [0.717, 1.165) is 12.4 Å². The lowest BCUT2D eigenvalue weighted by molar-refractivity contribution is -0.137. The van der Waals surface area contributed by atoms with E-state index in [1.165, 1.54) is 28.3 Å². The molecule has 13 heteroatoms. The van der Waals surface area contributed by atoms with Gasteiger partial charge in [0.1, 0.15) is 18.5 Å². The number of alkyl halides is 5. The predicted octanol–water partition coefficient (Wildman–Crippen LogP) is 4.72. The first-order chi connectivity index (χ1) is 16.6. The summed E-state index contributed by atoms with van der Waals surface area (Å²) >= 11 is 0. The number of hydrogen-bond acceptors (Lipinski definition) is 7. The van der Waals surface area contributed by atoms with Gasteiger partial charge in [-0.05, 0) is 38.0 Å². The Morgan fingerprint density at radius 3 is 2.34 bits per heavy atom. The highest BCUT2D eigenvalue weighted by atomic mass is 19.4. The second kappa shape index (κ2) is 8.17. The van der Waals surface area contributed by atoms with Gasteiger partial charge < -0.3 is 4.90 Å². The van der Waals surface area contributed by atoms with Crippen LogP contribution in [0.2, 0.25) is 0 Å². The molecule has 3 heterocycles. The maximum absolute atomic E-state index is 15.1. The van der Waals surface area contributed by atoms with Crippen LogP contribution in [0.5, 0.6) is 0 Å². The van der Waals surface area contributed by atoms with Crippen molar-refractivity contribution < 1.29 is 22.0 Å². The molecular weight excluding hydrogens is 471 g/mol. The maximum atomic E-state index is 15.1. The minimum atomic E-state index is -4.83. The van der Waals surface area contributed by atoms with Crippen molar-refractivity contribution in [3.8, 4) is 5.95 Å². The molecule has 1 atom stereocenters. The van der Waals surface area contributed by atoms with Crippen LogP contribution < -0.4 is 4.90 Å². The smallest absolute Gasteiger partial charge is 0.349 e. The van der Waals surface area contributed by atoms with Crippen molar-refractivity contribution in [1.29, 1.82) is 0 Å². The summed E-state index contributed by atoms with van der Waals surface area (Å²) in [5.74, 6) is -3.78. The van der Waals surface area contributed by atoms with Gasteiger partial charge >= 0.3 is 6.18 Å². The van der Waals surface area contributed by atoms with Crippen LogP contribution in [0.1, 0.15) is 42.8 Å². The van der Waals surface area contributed by atoms with Crippen molar-refractivity contribution in [3.05, 3.63) is 60.2 Å². The van der Waals surface area contributed by atoms with Crippen LogP contribution >= 0.6 is 0 Å². The number of anilines is 1. The molecule has 4 aromatic rings. The molecular formula is C22H19F5N8. The molecule has 1 saturated carbocycles. The highest BCUT2D eigenvalue weighted by Gasteiger charge is 2.50. The second-order valence-corrected chi connectivity index (χ2v) is 8.38.